The number of fused-ring (bicyclic) bond motifs is 5. The molecule has 0 aliphatic heterocycles. The van der Waals surface area contributed by atoms with E-state index < -0.39 is 28.8 Å². The first-order valence-electron chi connectivity index (χ1n) is 13.9. The Morgan fingerprint density at radius 3 is 2.30 bits per heavy atom. The van der Waals surface area contributed by atoms with E-state index in [1.54, 1.807) is 6.08 Å². The van der Waals surface area contributed by atoms with Gasteiger partial charge in [-0.1, -0.05) is 60.5 Å². The predicted octanol–water partition coefficient (Wildman–Crippen LogP) is 5.23. The molecule has 4 rings (SSSR count). The summed E-state index contributed by atoms with van der Waals surface area (Å²) in [5.41, 5.74) is -2.28. The van der Waals surface area contributed by atoms with Crippen LogP contribution in [-0.4, -0.2) is 43.8 Å². The molecule has 0 spiro atoms. The standard InChI is InChI=1S/C29H50O4/c1-7-20(18(2)3)9-8-19(4)22-10-11-23-24-16-25(31)29(33)17-21(30)12-13-27(29,6)28(24,32)15-14-26(22,23)5/h16,18-23,25,30-33H,7-15,17H2,1-6H3/t19-,20+,21+,22-,23?,25-,26-,27-,28-,29+/m1/s1. The van der Waals surface area contributed by atoms with Crippen molar-refractivity contribution >= 4 is 0 Å². The minimum Gasteiger partial charge on any atom is -0.393 e. The molecule has 0 heterocycles. The van der Waals surface area contributed by atoms with Gasteiger partial charge in [0.05, 0.1) is 11.7 Å². The van der Waals surface area contributed by atoms with Crippen molar-refractivity contribution in [2.75, 3.05) is 0 Å². The molecule has 0 aromatic heterocycles. The van der Waals surface area contributed by atoms with E-state index in [2.05, 4.69) is 34.6 Å². The van der Waals surface area contributed by atoms with E-state index in [1.165, 1.54) is 25.7 Å². The van der Waals surface area contributed by atoms with Gasteiger partial charge in [-0.2, -0.15) is 0 Å². The molecule has 3 saturated carbocycles. The highest BCUT2D eigenvalue weighted by Gasteiger charge is 2.71. The zero-order valence-electron chi connectivity index (χ0n) is 22.0. The number of hydrogen-bond donors (Lipinski definition) is 4. The molecule has 4 N–H and O–H groups in total. The summed E-state index contributed by atoms with van der Waals surface area (Å²) in [5, 5.41) is 45.3. The first-order valence-corrected chi connectivity index (χ1v) is 13.9. The Hall–Kier alpha value is -0.420. The van der Waals surface area contributed by atoms with E-state index in [4.69, 9.17) is 0 Å². The van der Waals surface area contributed by atoms with Gasteiger partial charge in [0.15, 0.2) is 0 Å². The molecule has 0 aromatic rings. The summed E-state index contributed by atoms with van der Waals surface area (Å²) in [6, 6.07) is 0. The highest BCUT2D eigenvalue weighted by Crippen LogP contribution is 2.69. The lowest BCUT2D eigenvalue weighted by Crippen LogP contribution is -2.72. The van der Waals surface area contributed by atoms with E-state index in [-0.39, 0.29) is 17.8 Å². The van der Waals surface area contributed by atoms with Crippen LogP contribution in [0.1, 0.15) is 106 Å². The average Bonchev–Trinajstić information content (AvgIpc) is 3.10. The Morgan fingerprint density at radius 1 is 0.970 bits per heavy atom. The van der Waals surface area contributed by atoms with Crippen molar-refractivity contribution in [3.05, 3.63) is 11.6 Å². The number of aliphatic hydroxyl groups is 4. The van der Waals surface area contributed by atoms with E-state index in [1.807, 2.05) is 6.92 Å². The summed E-state index contributed by atoms with van der Waals surface area (Å²) in [6.07, 6.45) is 9.04. The van der Waals surface area contributed by atoms with Gasteiger partial charge in [-0.05, 0) is 85.5 Å². The lowest BCUT2D eigenvalue weighted by atomic mass is 9.43. The van der Waals surface area contributed by atoms with Crippen molar-refractivity contribution in [1.29, 1.82) is 0 Å². The summed E-state index contributed by atoms with van der Waals surface area (Å²) in [4.78, 5) is 0. The maximum Gasteiger partial charge on any atom is 0.105 e. The van der Waals surface area contributed by atoms with Crippen molar-refractivity contribution in [3.63, 3.8) is 0 Å². The van der Waals surface area contributed by atoms with Gasteiger partial charge in [-0.15, -0.1) is 0 Å². The smallest absolute Gasteiger partial charge is 0.105 e. The van der Waals surface area contributed by atoms with Crippen LogP contribution in [0.25, 0.3) is 0 Å². The SMILES string of the molecule is CC[C@@H](CC[C@@H](C)[C@H]1CCC2C3=C[C@@H](O)[C@@]4(O)C[C@@H](O)CC[C@]4(C)[C@@]3(O)CC[C@@]21C)C(C)C. The van der Waals surface area contributed by atoms with Gasteiger partial charge in [-0.25, -0.2) is 0 Å². The van der Waals surface area contributed by atoms with E-state index in [9.17, 15) is 20.4 Å². The Balaban J connectivity index is 1.60. The third-order valence-corrected chi connectivity index (χ3v) is 11.7. The summed E-state index contributed by atoms with van der Waals surface area (Å²) in [6.45, 7) is 13.9. The molecule has 0 bridgehead atoms. The summed E-state index contributed by atoms with van der Waals surface area (Å²) < 4.78 is 0. The zero-order valence-corrected chi connectivity index (χ0v) is 22.0. The largest absolute Gasteiger partial charge is 0.393 e. The van der Waals surface area contributed by atoms with Crippen LogP contribution in [0.3, 0.4) is 0 Å². The topological polar surface area (TPSA) is 80.9 Å². The Kier molecular flexibility index (Phi) is 6.69. The molecule has 33 heavy (non-hydrogen) atoms. The third-order valence-electron chi connectivity index (χ3n) is 11.7. The van der Waals surface area contributed by atoms with Crippen molar-refractivity contribution in [3.8, 4) is 0 Å². The van der Waals surface area contributed by atoms with Crippen LogP contribution >= 0.6 is 0 Å². The fourth-order valence-electron chi connectivity index (χ4n) is 9.17. The second-order valence-corrected chi connectivity index (χ2v) is 13.3. The van der Waals surface area contributed by atoms with Gasteiger partial charge < -0.3 is 20.4 Å². The first kappa shape index (κ1) is 25.7. The molecule has 10 atom stereocenters. The fourth-order valence-corrected chi connectivity index (χ4v) is 9.17. The minimum atomic E-state index is -1.48. The summed E-state index contributed by atoms with van der Waals surface area (Å²) in [5.74, 6) is 3.09. The van der Waals surface area contributed by atoms with Gasteiger partial charge in [0.25, 0.3) is 0 Å². The van der Waals surface area contributed by atoms with Crippen molar-refractivity contribution in [1.82, 2.24) is 0 Å². The van der Waals surface area contributed by atoms with Crippen LogP contribution in [0, 0.1) is 40.4 Å². The molecular formula is C29H50O4. The Morgan fingerprint density at radius 2 is 1.67 bits per heavy atom. The second kappa shape index (κ2) is 8.61. The second-order valence-electron chi connectivity index (χ2n) is 13.3. The van der Waals surface area contributed by atoms with Crippen LogP contribution in [0.5, 0.6) is 0 Å². The normalized spacial score (nSPS) is 49.1. The molecule has 4 nitrogen and oxygen atoms in total. The lowest BCUT2D eigenvalue weighted by Gasteiger charge is -2.65. The minimum absolute atomic E-state index is 0.132. The van der Waals surface area contributed by atoms with Gasteiger partial charge in [0.1, 0.15) is 11.7 Å². The molecule has 4 aliphatic rings. The first-order chi connectivity index (χ1) is 15.3. The summed E-state index contributed by atoms with van der Waals surface area (Å²) in [7, 11) is 0. The summed E-state index contributed by atoms with van der Waals surface area (Å²) >= 11 is 0. The lowest BCUT2D eigenvalue weighted by molar-refractivity contribution is -0.258. The van der Waals surface area contributed by atoms with Gasteiger partial charge >= 0.3 is 0 Å². The average molecular weight is 463 g/mol. The van der Waals surface area contributed by atoms with Crippen LogP contribution in [0.15, 0.2) is 11.6 Å². The van der Waals surface area contributed by atoms with Gasteiger partial charge in [0.2, 0.25) is 0 Å². The highest BCUT2D eigenvalue weighted by molar-refractivity contribution is 5.40. The van der Waals surface area contributed by atoms with Crippen molar-refractivity contribution < 1.29 is 20.4 Å². The van der Waals surface area contributed by atoms with Crippen LogP contribution < -0.4 is 0 Å². The maximum atomic E-state index is 12.2. The van der Waals surface area contributed by atoms with Crippen LogP contribution in [-0.2, 0) is 0 Å². The molecule has 0 amide bonds. The molecular weight excluding hydrogens is 412 g/mol. The molecule has 1 unspecified atom stereocenters. The number of rotatable bonds is 6. The van der Waals surface area contributed by atoms with E-state index >= 15 is 0 Å². The molecule has 4 aliphatic carbocycles. The fraction of sp³-hybridized carbons (Fsp3) is 0.931. The highest BCUT2D eigenvalue weighted by atomic mass is 16.4. The maximum absolute atomic E-state index is 12.2. The third kappa shape index (κ3) is 3.60. The van der Waals surface area contributed by atoms with Crippen molar-refractivity contribution in [2.24, 2.45) is 40.4 Å². The number of aliphatic hydroxyl groups excluding tert-OH is 2. The zero-order chi connectivity index (χ0) is 24.4. The number of hydrogen-bond acceptors (Lipinski definition) is 4. The monoisotopic (exact) mass is 462 g/mol. The van der Waals surface area contributed by atoms with Crippen molar-refractivity contribution in [2.45, 2.75) is 129 Å². The molecule has 3 fully saturated rings. The quantitative estimate of drug-likeness (QED) is 0.408. The van der Waals surface area contributed by atoms with E-state index in [0.717, 1.165) is 30.3 Å². The molecule has 0 saturated heterocycles. The molecule has 0 aromatic carbocycles. The Labute approximate surface area is 201 Å². The molecule has 190 valence electrons. The van der Waals surface area contributed by atoms with Crippen LogP contribution in [0.2, 0.25) is 0 Å². The van der Waals surface area contributed by atoms with Crippen LogP contribution in [0.4, 0.5) is 0 Å². The van der Waals surface area contributed by atoms with E-state index in [0.29, 0.717) is 31.1 Å². The van der Waals surface area contributed by atoms with Gasteiger partial charge in [0, 0.05) is 11.8 Å². The molecule has 0 radical (unpaired) electrons. The van der Waals surface area contributed by atoms with Gasteiger partial charge in [-0.3, -0.25) is 0 Å². The Bertz CT molecular complexity index is 763. The predicted molar refractivity (Wildman–Crippen MR) is 133 cm³/mol. The molecule has 4 heteroatoms.